The highest BCUT2D eigenvalue weighted by Gasteiger charge is 2.10. The van der Waals surface area contributed by atoms with Gasteiger partial charge in [-0.15, -0.1) is 16.4 Å². The maximum atomic E-state index is 5.40. The number of anilines is 1. The summed E-state index contributed by atoms with van der Waals surface area (Å²) in [7, 11) is 1.84. The van der Waals surface area contributed by atoms with E-state index in [9.17, 15) is 0 Å². The molecule has 6 heteroatoms. The highest BCUT2D eigenvalue weighted by molar-refractivity contribution is 7.10. The quantitative estimate of drug-likeness (QED) is 0.834. The van der Waals surface area contributed by atoms with Crippen LogP contribution in [-0.4, -0.2) is 17.2 Å². The van der Waals surface area contributed by atoms with Crippen LogP contribution in [0.3, 0.4) is 0 Å². The molecule has 0 spiro atoms. The van der Waals surface area contributed by atoms with Crippen LogP contribution >= 0.6 is 11.3 Å². The molecule has 86 valence electrons. The van der Waals surface area contributed by atoms with Gasteiger partial charge in [-0.25, -0.2) is 0 Å². The van der Waals surface area contributed by atoms with Crippen LogP contribution in [0.15, 0.2) is 21.9 Å². The van der Waals surface area contributed by atoms with Gasteiger partial charge in [-0.05, 0) is 25.4 Å². The van der Waals surface area contributed by atoms with E-state index in [2.05, 4.69) is 33.8 Å². The molecular weight excluding hydrogens is 224 g/mol. The predicted molar refractivity (Wildman–Crippen MR) is 63.4 cm³/mol. The Kier molecular flexibility index (Phi) is 3.53. The van der Waals surface area contributed by atoms with Gasteiger partial charge in [0.1, 0.15) is 0 Å². The highest BCUT2D eigenvalue weighted by atomic mass is 32.1. The van der Waals surface area contributed by atoms with Crippen molar-refractivity contribution in [1.29, 1.82) is 0 Å². The Bertz CT molecular complexity index is 426. The molecule has 2 aromatic heterocycles. The summed E-state index contributed by atoms with van der Waals surface area (Å²) < 4.78 is 5.40. The van der Waals surface area contributed by atoms with Crippen molar-refractivity contribution >= 4 is 17.4 Å². The first-order valence-electron chi connectivity index (χ1n) is 5.06. The van der Waals surface area contributed by atoms with E-state index >= 15 is 0 Å². The van der Waals surface area contributed by atoms with Crippen LogP contribution in [0.2, 0.25) is 0 Å². The van der Waals surface area contributed by atoms with Crippen LogP contribution in [0.5, 0.6) is 0 Å². The molecular formula is C10H14N4OS. The SMILES string of the molecule is CNCc1nnc(NC(C)c2cccs2)o1. The number of nitrogens with zero attached hydrogens (tertiary/aromatic N) is 2. The summed E-state index contributed by atoms with van der Waals surface area (Å²) in [6, 6.07) is 4.75. The minimum absolute atomic E-state index is 0.183. The molecule has 1 unspecified atom stereocenters. The Hall–Kier alpha value is -1.40. The summed E-state index contributed by atoms with van der Waals surface area (Å²) in [4.78, 5) is 1.24. The van der Waals surface area contributed by atoms with Gasteiger partial charge in [0.2, 0.25) is 5.89 Å². The third kappa shape index (κ3) is 2.59. The monoisotopic (exact) mass is 238 g/mol. The smallest absolute Gasteiger partial charge is 0.316 e. The molecule has 0 aliphatic heterocycles. The minimum Gasteiger partial charge on any atom is -0.407 e. The van der Waals surface area contributed by atoms with Crippen molar-refractivity contribution in [2.24, 2.45) is 0 Å². The van der Waals surface area contributed by atoms with Crippen molar-refractivity contribution in [3.05, 3.63) is 28.3 Å². The Labute approximate surface area is 97.9 Å². The molecule has 0 aromatic carbocycles. The number of aromatic nitrogens is 2. The first-order valence-corrected chi connectivity index (χ1v) is 5.94. The molecule has 0 saturated heterocycles. The molecule has 0 radical (unpaired) electrons. The molecule has 0 bridgehead atoms. The van der Waals surface area contributed by atoms with Crippen molar-refractivity contribution < 1.29 is 4.42 Å². The van der Waals surface area contributed by atoms with E-state index in [1.54, 1.807) is 11.3 Å². The molecule has 1 atom stereocenters. The van der Waals surface area contributed by atoms with Gasteiger partial charge in [-0.2, -0.15) is 0 Å². The summed E-state index contributed by atoms with van der Waals surface area (Å²) in [6.07, 6.45) is 0. The van der Waals surface area contributed by atoms with Crippen LogP contribution in [0.4, 0.5) is 6.01 Å². The second kappa shape index (κ2) is 5.09. The standard InChI is InChI=1S/C10H14N4OS/c1-7(8-4-3-5-16-8)12-10-14-13-9(15-10)6-11-2/h3-5,7,11H,6H2,1-2H3,(H,12,14). The van der Waals surface area contributed by atoms with E-state index < -0.39 is 0 Å². The van der Waals surface area contributed by atoms with Crippen molar-refractivity contribution in [3.8, 4) is 0 Å². The molecule has 0 aliphatic carbocycles. The van der Waals surface area contributed by atoms with Gasteiger partial charge in [-0.3, -0.25) is 0 Å². The zero-order valence-electron chi connectivity index (χ0n) is 9.23. The van der Waals surface area contributed by atoms with Gasteiger partial charge in [0.15, 0.2) is 0 Å². The Morgan fingerprint density at radius 1 is 1.50 bits per heavy atom. The van der Waals surface area contributed by atoms with E-state index in [-0.39, 0.29) is 6.04 Å². The van der Waals surface area contributed by atoms with Gasteiger partial charge in [0.05, 0.1) is 12.6 Å². The minimum atomic E-state index is 0.183. The van der Waals surface area contributed by atoms with Gasteiger partial charge in [0, 0.05) is 4.88 Å². The van der Waals surface area contributed by atoms with Gasteiger partial charge in [-0.1, -0.05) is 11.2 Å². The second-order valence-corrected chi connectivity index (χ2v) is 4.39. The summed E-state index contributed by atoms with van der Waals surface area (Å²) in [5.74, 6) is 0.586. The van der Waals surface area contributed by atoms with E-state index in [1.807, 2.05) is 18.5 Å². The molecule has 2 aromatic rings. The third-order valence-corrected chi connectivity index (χ3v) is 3.16. The first kappa shape index (κ1) is 11.1. The first-order chi connectivity index (χ1) is 7.79. The molecule has 0 saturated carbocycles. The Balaban J connectivity index is 1.98. The lowest BCUT2D eigenvalue weighted by molar-refractivity contribution is 0.486. The summed E-state index contributed by atoms with van der Waals surface area (Å²) in [5, 5.41) is 16.0. The zero-order valence-corrected chi connectivity index (χ0v) is 10.0. The van der Waals surface area contributed by atoms with Crippen LogP contribution in [0, 0.1) is 0 Å². The van der Waals surface area contributed by atoms with E-state index in [0.29, 0.717) is 18.5 Å². The number of thiophene rings is 1. The zero-order chi connectivity index (χ0) is 11.4. The number of hydrogen-bond donors (Lipinski definition) is 2. The van der Waals surface area contributed by atoms with Gasteiger partial charge in [0.25, 0.3) is 0 Å². The summed E-state index contributed by atoms with van der Waals surface area (Å²) in [5.41, 5.74) is 0. The van der Waals surface area contributed by atoms with Crippen LogP contribution in [-0.2, 0) is 6.54 Å². The molecule has 2 heterocycles. The van der Waals surface area contributed by atoms with E-state index in [1.165, 1.54) is 4.88 Å². The number of nitrogens with one attached hydrogen (secondary N) is 2. The van der Waals surface area contributed by atoms with Crippen molar-refractivity contribution in [3.63, 3.8) is 0 Å². The molecule has 2 N–H and O–H groups in total. The number of rotatable bonds is 5. The van der Waals surface area contributed by atoms with Gasteiger partial charge >= 0.3 is 6.01 Å². The summed E-state index contributed by atoms with van der Waals surface area (Å²) in [6.45, 7) is 2.65. The average Bonchev–Trinajstić information content (AvgIpc) is 2.89. The maximum Gasteiger partial charge on any atom is 0.316 e. The van der Waals surface area contributed by atoms with Crippen LogP contribution < -0.4 is 10.6 Å². The third-order valence-electron chi connectivity index (χ3n) is 2.10. The lowest BCUT2D eigenvalue weighted by Crippen LogP contribution is -2.05. The Morgan fingerprint density at radius 2 is 2.38 bits per heavy atom. The second-order valence-electron chi connectivity index (χ2n) is 3.41. The fraction of sp³-hybridized carbons (Fsp3) is 0.400. The normalized spacial score (nSPS) is 12.6. The lowest BCUT2D eigenvalue weighted by atomic mass is 10.3. The predicted octanol–water partition coefficient (Wildman–Crippen LogP) is 2.02. The van der Waals surface area contributed by atoms with Crippen molar-refractivity contribution in [2.75, 3.05) is 12.4 Å². The molecule has 5 nitrogen and oxygen atoms in total. The average molecular weight is 238 g/mol. The molecule has 0 fully saturated rings. The maximum absolute atomic E-state index is 5.40. The molecule has 2 rings (SSSR count). The summed E-state index contributed by atoms with van der Waals surface area (Å²) >= 11 is 1.70. The van der Waals surface area contributed by atoms with E-state index in [0.717, 1.165) is 0 Å². The van der Waals surface area contributed by atoms with Crippen molar-refractivity contribution in [2.45, 2.75) is 19.5 Å². The fourth-order valence-electron chi connectivity index (χ4n) is 1.33. The van der Waals surface area contributed by atoms with Crippen LogP contribution in [0.1, 0.15) is 23.7 Å². The molecule has 0 aliphatic rings. The van der Waals surface area contributed by atoms with Crippen LogP contribution in [0.25, 0.3) is 0 Å². The highest BCUT2D eigenvalue weighted by Crippen LogP contribution is 2.22. The van der Waals surface area contributed by atoms with Crippen molar-refractivity contribution in [1.82, 2.24) is 15.5 Å². The molecule has 0 amide bonds. The Morgan fingerprint density at radius 3 is 3.06 bits per heavy atom. The van der Waals surface area contributed by atoms with E-state index in [4.69, 9.17) is 4.42 Å². The topological polar surface area (TPSA) is 63.0 Å². The fourth-order valence-corrected chi connectivity index (χ4v) is 2.06. The molecule has 16 heavy (non-hydrogen) atoms. The van der Waals surface area contributed by atoms with Gasteiger partial charge < -0.3 is 15.1 Å². The lowest BCUT2D eigenvalue weighted by Gasteiger charge is -2.08. The largest absolute Gasteiger partial charge is 0.407 e. The number of hydrogen-bond acceptors (Lipinski definition) is 6.